The van der Waals surface area contributed by atoms with Gasteiger partial charge in [0, 0.05) is 16.5 Å². The average Bonchev–Trinajstić information content (AvgIpc) is 2.84. The van der Waals surface area contributed by atoms with Gasteiger partial charge in [0.25, 0.3) is 0 Å². The molecular formula is C16H19NOS. The van der Waals surface area contributed by atoms with Gasteiger partial charge in [0.2, 0.25) is 0 Å². The van der Waals surface area contributed by atoms with Crippen LogP contribution in [0, 0.1) is 0 Å². The number of phenols is 1. The van der Waals surface area contributed by atoms with E-state index in [0.717, 1.165) is 22.4 Å². The number of benzene rings is 1. The van der Waals surface area contributed by atoms with E-state index in [4.69, 9.17) is 0 Å². The van der Waals surface area contributed by atoms with Gasteiger partial charge in [-0.15, -0.1) is 17.9 Å². The predicted molar refractivity (Wildman–Crippen MR) is 81.8 cm³/mol. The van der Waals surface area contributed by atoms with Crippen LogP contribution >= 0.6 is 11.3 Å². The smallest absolute Gasteiger partial charge is 0.122 e. The van der Waals surface area contributed by atoms with Gasteiger partial charge < -0.3 is 5.11 Å². The summed E-state index contributed by atoms with van der Waals surface area (Å²) < 4.78 is 0. The maximum atomic E-state index is 10.4. The summed E-state index contributed by atoms with van der Waals surface area (Å²) in [6.45, 7) is 10.1. The van der Waals surface area contributed by atoms with Crippen molar-refractivity contribution in [3.05, 3.63) is 46.8 Å². The summed E-state index contributed by atoms with van der Waals surface area (Å²) >= 11 is 1.58. The first kappa shape index (κ1) is 13.8. The number of aromatic nitrogens is 1. The van der Waals surface area contributed by atoms with E-state index >= 15 is 0 Å². The first-order chi connectivity index (χ1) is 8.93. The molecule has 0 atom stereocenters. The topological polar surface area (TPSA) is 33.1 Å². The fraction of sp³-hybridized carbons (Fsp3) is 0.312. The molecule has 2 aromatic rings. The summed E-state index contributed by atoms with van der Waals surface area (Å²) in [5, 5.41) is 12.4. The number of hydrogen-bond acceptors (Lipinski definition) is 3. The molecule has 100 valence electrons. The molecule has 2 nitrogen and oxygen atoms in total. The molecule has 0 spiro atoms. The molecule has 0 aliphatic carbocycles. The number of nitrogens with zero attached hydrogens (tertiary/aromatic N) is 1. The normalized spacial score (nSPS) is 11.5. The third-order valence-electron chi connectivity index (χ3n) is 3.09. The maximum Gasteiger partial charge on any atom is 0.122 e. The average molecular weight is 273 g/mol. The van der Waals surface area contributed by atoms with E-state index in [1.165, 1.54) is 0 Å². The largest absolute Gasteiger partial charge is 0.507 e. The molecule has 1 N–H and O–H groups in total. The lowest BCUT2D eigenvalue weighted by atomic mass is 9.83. The summed E-state index contributed by atoms with van der Waals surface area (Å²) in [4.78, 5) is 4.35. The number of aromatic hydroxyl groups is 1. The Balaban J connectivity index is 2.64. The van der Waals surface area contributed by atoms with Gasteiger partial charge in [-0.3, -0.25) is 0 Å². The molecule has 2 rings (SSSR count). The van der Waals surface area contributed by atoms with Gasteiger partial charge >= 0.3 is 0 Å². The number of thiazole rings is 1. The Labute approximate surface area is 118 Å². The predicted octanol–water partition coefficient (Wildman–Crippen LogP) is 4.54. The van der Waals surface area contributed by atoms with Crippen LogP contribution in [-0.4, -0.2) is 10.1 Å². The highest BCUT2D eigenvalue weighted by molar-refractivity contribution is 7.07. The fourth-order valence-electron chi connectivity index (χ4n) is 2.08. The first-order valence-electron chi connectivity index (χ1n) is 6.29. The van der Waals surface area contributed by atoms with Crippen molar-refractivity contribution in [2.24, 2.45) is 0 Å². The van der Waals surface area contributed by atoms with Gasteiger partial charge in [-0.1, -0.05) is 26.8 Å². The molecule has 1 aromatic carbocycles. The molecule has 0 saturated carbocycles. The molecular weight excluding hydrogens is 254 g/mol. The van der Waals surface area contributed by atoms with Crippen LogP contribution < -0.4 is 0 Å². The molecule has 0 bridgehead atoms. The molecule has 1 aromatic heterocycles. The summed E-state index contributed by atoms with van der Waals surface area (Å²) in [6.07, 6.45) is 2.47. The van der Waals surface area contributed by atoms with E-state index in [0.29, 0.717) is 12.2 Å². The van der Waals surface area contributed by atoms with Gasteiger partial charge in [-0.25, -0.2) is 4.98 Å². The summed E-state index contributed by atoms with van der Waals surface area (Å²) in [5.41, 5.74) is 5.60. The Bertz CT molecular complexity index is 580. The summed E-state index contributed by atoms with van der Waals surface area (Å²) in [5.74, 6) is 0.381. The lowest BCUT2D eigenvalue weighted by molar-refractivity contribution is 0.442. The van der Waals surface area contributed by atoms with E-state index in [2.05, 4.69) is 32.3 Å². The third kappa shape index (κ3) is 2.87. The lowest BCUT2D eigenvalue weighted by Crippen LogP contribution is -2.12. The molecule has 3 heteroatoms. The quantitative estimate of drug-likeness (QED) is 0.833. The van der Waals surface area contributed by atoms with Crippen molar-refractivity contribution in [3.63, 3.8) is 0 Å². The van der Waals surface area contributed by atoms with Crippen LogP contribution in [0.15, 0.2) is 35.7 Å². The SMILES string of the molecule is C=CCc1cc(-c2cscn2)cc(C(C)(C)C)c1O. The van der Waals surface area contributed by atoms with Crippen LogP contribution in [0.4, 0.5) is 0 Å². The van der Waals surface area contributed by atoms with Gasteiger partial charge in [0.05, 0.1) is 11.2 Å². The van der Waals surface area contributed by atoms with Crippen LogP contribution in [0.1, 0.15) is 31.9 Å². The first-order valence-corrected chi connectivity index (χ1v) is 7.23. The zero-order valence-electron chi connectivity index (χ0n) is 11.6. The Kier molecular flexibility index (Phi) is 3.76. The van der Waals surface area contributed by atoms with E-state index in [9.17, 15) is 5.11 Å². The van der Waals surface area contributed by atoms with Crippen molar-refractivity contribution in [2.45, 2.75) is 32.6 Å². The van der Waals surface area contributed by atoms with Crippen LogP contribution in [0.2, 0.25) is 0 Å². The van der Waals surface area contributed by atoms with Crippen molar-refractivity contribution < 1.29 is 5.11 Å². The van der Waals surface area contributed by atoms with Crippen molar-refractivity contribution >= 4 is 11.3 Å². The van der Waals surface area contributed by atoms with Gasteiger partial charge in [0.1, 0.15) is 5.75 Å². The summed E-state index contributed by atoms with van der Waals surface area (Å²) in [7, 11) is 0. The second-order valence-electron chi connectivity index (χ2n) is 5.65. The highest BCUT2D eigenvalue weighted by Crippen LogP contribution is 2.37. The zero-order valence-corrected chi connectivity index (χ0v) is 12.4. The summed E-state index contributed by atoms with van der Waals surface area (Å²) in [6, 6.07) is 4.04. The zero-order chi connectivity index (χ0) is 14.0. The molecule has 0 aliphatic rings. The highest BCUT2D eigenvalue weighted by atomic mass is 32.1. The van der Waals surface area contributed by atoms with Gasteiger partial charge in [-0.05, 0) is 29.5 Å². The molecule has 0 saturated heterocycles. The van der Waals surface area contributed by atoms with E-state index in [1.807, 2.05) is 29.1 Å². The van der Waals surface area contributed by atoms with E-state index < -0.39 is 0 Å². The molecule has 0 radical (unpaired) electrons. The van der Waals surface area contributed by atoms with E-state index in [-0.39, 0.29) is 5.41 Å². The molecule has 0 unspecified atom stereocenters. The number of allylic oxidation sites excluding steroid dienone is 1. The highest BCUT2D eigenvalue weighted by Gasteiger charge is 2.21. The molecule has 0 amide bonds. The van der Waals surface area contributed by atoms with Gasteiger partial charge in [-0.2, -0.15) is 0 Å². The monoisotopic (exact) mass is 273 g/mol. The van der Waals surface area contributed by atoms with Crippen molar-refractivity contribution in [3.8, 4) is 17.0 Å². The van der Waals surface area contributed by atoms with Crippen molar-refractivity contribution in [1.82, 2.24) is 4.98 Å². The second-order valence-corrected chi connectivity index (χ2v) is 6.37. The number of phenolic OH excluding ortho intramolecular Hbond substituents is 1. The van der Waals surface area contributed by atoms with Crippen LogP contribution in [0.3, 0.4) is 0 Å². The second kappa shape index (κ2) is 5.17. The Morgan fingerprint density at radius 3 is 2.63 bits per heavy atom. The maximum absolute atomic E-state index is 10.4. The fourth-order valence-corrected chi connectivity index (χ4v) is 2.64. The molecule has 1 heterocycles. The Hall–Kier alpha value is -1.61. The number of hydrogen-bond donors (Lipinski definition) is 1. The van der Waals surface area contributed by atoms with Crippen LogP contribution in [0.25, 0.3) is 11.3 Å². The van der Waals surface area contributed by atoms with Gasteiger partial charge in [0.15, 0.2) is 0 Å². The minimum atomic E-state index is -0.105. The van der Waals surface area contributed by atoms with Crippen LogP contribution in [0.5, 0.6) is 5.75 Å². The number of rotatable bonds is 3. The lowest BCUT2D eigenvalue weighted by Gasteiger charge is -2.23. The van der Waals surface area contributed by atoms with Crippen molar-refractivity contribution in [2.75, 3.05) is 0 Å². The minimum Gasteiger partial charge on any atom is -0.507 e. The third-order valence-corrected chi connectivity index (χ3v) is 3.68. The Morgan fingerprint density at radius 2 is 2.11 bits per heavy atom. The molecule has 0 fully saturated rings. The van der Waals surface area contributed by atoms with E-state index in [1.54, 1.807) is 11.3 Å². The molecule has 0 aliphatic heterocycles. The standard InChI is InChI=1S/C16H19NOS/c1-5-6-11-7-12(14-9-19-10-17-14)8-13(15(11)18)16(2,3)4/h5,7-10,18H,1,6H2,2-4H3. The minimum absolute atomic E-state index is 0.105. The van der Waals surface area contributed by atoms with Crippen LogP contribution in [-0.2, 0) is 11.8 Å². The van der Waals surface area contributed by atoms with Crippen molar-refractivity contribution in [1.29, 1.82) is 0 Å². The Morgan fingerprint density at radius 1 is 1.37 bits per heavy atom. The molecule has 19 heavy (non-hydrogen) atoms.